The summed E-state index contributed by atoms with van der Waals surface area (Å²) in [6.45, 7) is 3.58. The molecular formula is C19H22Cl2N6S. The third-order valence-corrected chi connectivity index (χ3v) is 4.95. The second-order valence-corrected chi connectivity index (χ2v) is 6.98. The largest absolute Gasteiger partial charge is 0.367 e. The Hall–Kier alpha value is -2.48. The number of H-pyrrole nitrogens is 2. The predicted octanol–water partition coefficient (Wildman–Crippen LogP) is 5.20. The van der Waals surface area contributed by atoms with Crippen LogP contribution in [0.15, 0.2) is 53.9 Å². The Labute approximate surface area is 180 Å². The molecule has 0 radical (unpaired) electrons. The van der Waals surface area contributed by atoms with Gasteiger partial charge < -0.3 is 10.6 Å². The van der Waals surface area contributed by atoms with Gasteiger partial charge in [-0.15, -0.1) is 36.2 Å². The summed E-state index contributed by atoms with van der Waals surface area (Å²) < 4.78 is 0. The van der Waals surface area contributed by atoms with E-state index in [9.17, 15) is 0 Å². The molecule has 0 saturated heterocycles. The van der Waals surface area contributed by atoms with Gasteiger partial charge in [0.2, 0.25) is 0 Å². The lowest BCUT2D eigenvalue weighted by molar-refractivity contribution is 1.01. The molecule has 0 bridgehead atoms. The topological polar surface area (TPSA) is 81.4 Å². The molecule has 0 saturated carbocycles. The van der Waals surface area contributed by atoms with Crippen molar-refractivity contribution >= 4 is 47.8 Å². The lowest BCUT2D eigenvalue weighted by Gasteiger charge is -2.03. The summed E-state index contributed by atoms with van der Waals surface area (Å²) in [5.41, 5.74) is 4.42. The van der Waals surface area contributed by atoms with Crippen molar-refractivity contribution in [2.75, 3.05) is 23.7 Å². The minimum Gasteiger partial charge on any atom is -0.367 e. The predicted molar refractivity (Wildman–Crippen MR) is 122 cm³/mol. The van der Waals surface area contributed by atoms with E-state index in [4.69, 9.17) is 0 Å². The van der Waals surface area contributed by atoms with Crippen molar-refractivity contribution in [2.24, 2.45) is 0 Å². The van der Waals surface area contributed by atoms with Crippen molar-refractivity contribution in [3.8, 4) is 21.8 Å². The van der Waals surface area contributed by atoms with E-state index in [2.05, 4.69) is 73.7 Å². The molecule has 0 aliphatic rings. The second-order valence-electron chi connectivity index (χ2n) is 6.03. The fourth-order valence-electron chi connectivity index (χ4n) is 2.64. The van der Waals surface area contributed by atoms with Gasteiger partial charge in [-0.25, -0.2) is 0 Å². The van der Waals surface area contributed by atoms with Gasteiger partial charge in [-0.2, -0.15) is 10.2 Å². The van der Waals surface area contributed by atoms with Crippen LogP contribution in [-0.4, -0.2) is 33.5 Å². The number of hydrogen-bond acceptors (Lipinski definition) is 5. The van der Waals surface area contributed by atoms with E-state index in [0.717, 1.165) is 41.7 Å². The first kappa shape index (κ1) is 21.8. The number of halogens is 2. The molecule has 0 aliphatic heterocycles. The van der Waals surface area contributed by atoms with Crippen LogP contribution in [0.4, 0.5) is 11.6 Å². The fraction of sp³-hybridized carbons (Fsp3) is 0.158. The van der Waals surface area contributed by atoms with Gasteiger partial charge in [-0.1, -0.05) is 35.9 Å². The molecule has 0 unspecified atom stereocenters. The molecule has 0 amide bonds. The summed E-state index contributed by atoms with van der Waals surface area (Å²) in [4.78, 5) is 1.18. The number of nitrogens with zero attached hydrogens (tertiary/aromatic N) is 2. The third-order valence-electron chi connectivity index (χ3n) is 4.04. The Morgan fingerprint density at radius 1 is 0.857 bits per heavy atom. The SMILES string of the molecule is Cc1ccc(-c2cc(NCCNc3cc(-c4cccs4)[nH]n3)n[nH]2)cc1.Cl.Cl. The molecule has 0 atom stereocenters. The van der Waals surface area contributed by atoms with E-state index in [1.54, 1.807) is 11.3 Å². The Kier molecular flexibility index (Phi) is 7.92. The number of benzene rings is 1. The number of aromatic nitrogens is 4. The van der Waals surface area contributed by atoms with E-state index in [1.165, 1.54) is 10.4 Å². The van der Waals surface area contributed by atoms with Crippen LogP contribution in [0.3, 0.4) is 0 Å². The highest BCUT2D eigenvalue weighted by Crippen LogP contribution is 2.24. The van der Waals surface area contributed by atoms with Gasteiger partial charge in [-0.05, 0) is 23.9 Å². The number of hydrogen-bond donors (Lipinski definition) is 4. The summed E-state index contributed by atoms with van der Waals surface area (Å²) in [5, 5.41) is 23.4. The first-order chi connectivity index (χ1) is 12.8. The van der Waals surface area contributed by atoms with E-state index >= 15 is 0 Å². The lowest BCUT2D eigenvalue weighted by atomic mass is 10.1. The molecule has 0 aliphatic carbocycles. The summed E-state index contributed by atoms with van der Waals surface area (Å²) >= 11 is 1.69. The zero-order chi connectivity index (χ0) is 17.8. The monoisotopic (exact) mass is 436 g/mol. The summed E-state index contributed by atoms with van der Waals surface area (Å²) in [7, 11) is 0. The molecule has 4 N–H and O–H groups in total. The zero-order valence-electron chi connectivity index (χ0n) is 15.2. The number of rotatable bonds is 7. The summed E-state index contributed by atoms with van der Waals surface area (Å²) in [6.07, 6.45) is 0. The molecule has 4 rings (SSSR count). The number of aromatic amines is 2. The van der Waals surface area contributed by atoms with Crippen LogP contribution in [0.5, 0.6) is 0 Å². The first-order valence-electron chi connectivity index (χ1n) is 8.47. The highest BCUT2D eigenvalue weighted by atomic mass is 35.5. The van der Waals surface area contributed by atoms with Crippen LogP contribution in [0, 0.1) is 6.92 Å². The van der Waals surface area contributed by atoms with Crippen molar-refractivity contribution in [3.63, 3.8) is 0 Å². The highest BCUT2D eigenvalue weighted by molar-refractivity contribution is 7.13. The summed E-state index contributed by atoms with van der Waals surface area (Å²) in [5.74, 6) is 1.68. The van der Waals surface area contributed by atoms with E-state index in [0.29, 0.717) is 0 Å². The van der Waals surface area contributed by atoms with Crippen LogP contribution in [0.25, 0.3) is 21.8 Å². The maximum absolute atomic E-state index is 4.31. The van der Waals surface area contributed by atoms with Crippen molar-refractivity contribution < 1.29 is 0 Å². The molecule has 3 heterocycles. The average Bonchev–Trinajstić information content (AvgIpc) is 3.40. The molecular weight excluding hydrogens is 415 g/mol. The maximum Gasteiger partial charge on any atom is 0.148 e. The van der Waals surface area contributed by atoms with Crippen molar-refractivity contribution in [1.29, 1.82) is 0 Å². The molecule has 3 aromatic heterocycles. The van der Waals surface area contributed by atoms with Gasteiger partial charge in [0, 0.05) is 25.2 Å². The highest BCUT2D eigenvalue weighted by Gasteiger charge is 2.05. The first-order valence-corrected chi connectivity index (χ1v) is 9.35. The Morgan fingerprint density at radius 3 is 2.07 bits per heavy atom. The van der Waals surface area contributed by atoms with Crippen molar-refractivity contribution in [2.45, 2.75) is 6.92 Å². The molecule has 9 heteroatoms. The van der Waals surface area contributed by atoms with E-state index < -0.39 is 0 Å². The number of thiophene rings is 1. The van der Waals surface area contributed by atoms with Gasteiger partial charge in [-0.3, -0.25) is 10.2 Å². The maximum atomic E-state index is 4.31. The smallest absolute Gasteiger partial charge is 0.148 e. The van der Waals surface area contributed by atoms with Gasteiger partial charge >= 0.3 is 0 Å². The van der Waals surface area contributed by atoms with Crippen LogP contribution in [0.2, 0.25) is 0 Å². The molecule has 0 spiro atoms. The van der Waals surface area contributed by atoms with Crippen LogP contribution in [0.1, 0.15) is 5.56 Å². The second kappa shape index (κ2) is 10.2. The van der Waals surface area contributed by atoms with Crippen molar-refractivity contribution in [3.05, 3.63) is 59.5 Å². The standard InChI is InChI=1S/C19H20N6S.2ClH/c1-13-4-6-14(7-5-13)15-11-18(24-22-15)20-8-9-21-19-12-16(23-25-19)17-3-2-10-26-17;;/h2-7,10-12H,8-9H2,1H3,(H2,20,22,24)(H2,21,23,25);2*1H. The zero-order valence-corrected chi connectivity index (χ0v) is 17.7. The normalized spacial score (nSPS) is 10.0. The number of anilines is 2. The van der Waals surface area contributed by atoms with Gasteiger partial charge in [0.1, 0.15) is 11.6 Å². The van der Waals surface area contributed by atoms with Crippen LogP contribution >= 0.6 is 36.2 Å². The average molecular weight is 437 g/mol. The fourth-order valence-corrected chi connectivity index (χ4v) is 3.34. The lowest BCUT2D eigenvalue weighted by Crippen LogP contribution is -2.13. The Bertz CT molecular complexity index is 963. The van der Waals surface area contributed by atoms with Gasteiger partial charge in [0.15, 0.2) is 0 Å². The minimum absolute atomic E-state index is 0. The van der Waals surface area contributed by atoms with E-state index in [-0.39, 0.29) is 24.8 Å². The van der Waals surface area contributed by atoms with Gasteiger partial charge in [0.25, 0.3) is 0 Å². The van der Waals surface area contributed by atoms with Gasteiger partial charge in [0.05, 0.1) is 16.3 Å². The molecule has 1 aromatic carbocycles. The quantitative estimate of drug-likeness (QED) is 0.300. The molecule has 4 aromatic rings. The van der Waals surface area contributed by atoms with Crippen LogP contribution < -0.4 is 10.6 Å². The Morgan fingerprint density at radius 2 is 1.46 bits per heavy atom. The third kappa shape index (κ3) is 5.28. The summed E-state index contributed by atoms with van der Waals surface area (Å²) in [6, 6.07) is 16.5. The molecule has 6 nitrogen and oxygen atoms in total. The molecule has 0 fully saturated rings. The Balaban J connectivity index is 0.00000140. The van der Waals surface area contributed by atoms with E-state index in [1.807, 2.05) is 18.2 Å². The minimum atomic E-state index is 0. The molecule has 28 heavy (non-hydrogen) atoms. The van der Waals surface area contributed by atoms with Crippen LogP contribution in [-0.2, 0) is 0 Å². The number of aryl methyl sites for hydroxylation is 1. The number of nitrogens with one attached hydrogen (secondary N) is 4. The van der Waals surface area contributed by atoms with Crippen molar-refractivity contribution in [1.82, 2.24) is 20.4 Å². The molecule has 148 valence electrons.